The summed E-state index contributed by atoms with van der Waals surface area (Å²) in [6.45, 7) is 0. The molecule has 0 aliphatic carbocycles. The van der Waals surface area contributed by atoms with Crippen molar-refractivity contribution >= 4 is 17.5 Å². The van der Waals surface area contributed by atoms with Crippen molar-refractivity contribution in [1.82, 2.24) is 10.3 Å². The van der Waals surface area contributed by atoms with E-state index in [0.717, 1.165) is 16.7 Å². The molecule has 0 fully saturated rings. The van der Waals surface area contributed by atoms with Crippen LogP contribution in [0.3, 0.4) is 0 Å². The number of nitrogens with two attached hydrogens (primary N) is 1. The van der Waals surface area contributed by atoms with E-state index in [4.69, 9.17) is 21.8 Å². The molecule has 3 aromatic carbocycles. The summed E-state index contributed by atoms with van der Waals surface area (Å²) < 4.78 is 5.51. The Morgan fingerprint density at radius 3 is 2.23 bits per heavy atom. The monoisotopic (exact) mass is 431 g/mol. The minimum Gasteiger partial charge on any atom is -0.446 e. The lowest BCUT2D eigenvalue weighted by Gasteiger charge is -2.19. The molecule has 0 spiro atoms. The minimum absolute atomic E-state index is 0.188. The average molecular weight is 432 g/mol. The second-order valence-corrected chi connectivity index (χ2v) is 7.67. The summed E-state index contributed by atoms with van der Waals surface area (Å²) in [7, 11) is 0. The third-order valence-corrected chi connectivity index (χ3v) is 5.23. The number of hydrogen-bond acceptors (Lipinski definition) is 4. The van der Waals surface area contributed by atoms with Crippen molar-refractivity contribution in [2.45, 2.75) is 18.5 Å². The number of amides is 1. The predicted molar refractivity (Wildman–Crippen MR) is 121 cm³/mol. The van der Waals surface area contributed by atoms with E-state index in [0.29, 0.717) is 17.3 Å². The fraction of sp³-hybridized carbons (Fsp3) is 0.120. The van der Waals surface area contributed by atoms with Crippen LogP contribution < -0.4 is 11.1 Å². The molecule has 1 aromatic heterocycles. The maximum absolute atomic E-state index is 13.0. The van der Waals surface area contributed by atoms with E-state index in [2.05, 4.69) is 10.3 Å². The molecule has 2 unspecified atom stereocenters. The van der Waals surface area contributed by atoms with Gasteiger partial charge in [0.15, 0.2) is 5.69 Å². The lowest BCUT2D eigenvalue weighted by atomic mass is 9.98. The number of carbonyl (C=O) groups is 1. The van der Waals surface area contributed by atoms with E-state index < -0.39 is 6.04 Å². The Balaban J connectivity index is 1.52. The van der Waals surface area contributed by atoms with Crippen molar-refractivity contribution in [3.05, 3.63) is 124 Å². The van der Waals surface area contributed by atoms with Crippen LogP contribution in [0.25, 0.3) is 0 Å². The van der Waals surface area contributed by atoms with Crippen LogP contribution in [-0.4, -0.2) is 10.9 Å². The highest BCUT2D eigenvalue weighted by Crippen LogP contribution is 2.24. The third kappa shape index (κ3) is 5.20. The number of oxazole rings is 1. The molecule has 0 aliphatic heterocycles. The number of nitrogens with one attached hydrogen (secondary N) is 1. The molecule has 0 saturated heterocycles. The third-order valence-electron chi connectivity index (χ3n) is 4.98. The first-order valence-corrected chi connectivity index (χ1v) is 10.3. The first-order valence-electron chi connectivity index (χ1n) is 9.96. The summed E-state index contributed by atoms with van der Waals surface area (Å²) in [6, 6.07) is 26.2. The quantitative estimate of drug-likeness (QED) is 0.427. The number of hydrogen-bond donors (Lipinski definition) is 2. The van der Waals surface area contributed by atoms with E-state index in [1.165, 1.54) is 6.26 Å². The van der Waals surface area contributed by atoms with E-state index in [-0.39, 0.29) is 17.6 Å². The molecule has 156 valence electrons. The van der Waals surface area contributed by atoms with Gasteiger partial charge in [-0.15, -0.1) is 0 Å². The van der Waals surface area contributed by atoms with Crippen LogP contribution in [0.4, 0.5) is 0 Å². The average Bonchev–Trinajstić information content (AvgIpc) is 3.30. The van der Waals surface area contributed by atoms with Gasteiger partial charge in [0.1, 0.15) is 6.26 Å². The zero-order valence-electron chi connectivity index (χ0n) is 16.7. The molecule has 0 bridgehead atoms. The van der Waals surface area contributed by atoms with Gasteiger partial charge in [-0.25, -0.2) is 4.98 Å². The Bertz CT molecular complexity index is 1130. The zero-order chi connectivity index (χ0) is 21.6. The number of nitrogens with zero attached hydrogens (tertiary/aromatic N) is 1. The predicted octanol–water partition coefficient (Wildman–Crippen LogP) is 5.09. The molecule has 2 atom stereocenters. The maximum atomic E-state index is 13.0. The Hall–Kier alpha value is -3.41. The molecule has 4 aromatic rings. The molecule has 3 N–H and O–H groups in total. The summed E-state index contributed by atoms with van der Waals surface area (Å²) in [5.74, 6) is -0.0116. The van der Waals surface area contributed by atoms with E-state index in [9.17, 15) is 4.79 Å². The highest BCUT2D eigenvalue weighted by Gasteiger charge is 2.22. The molecule has 1 amide bonds. The standard InChI is InChI=1S/C25H22ClN3O2/c26-20-13-11-19(12-14-20)23(18-9-5-2-6-10-18)29-24(30)22-16-31-25(28-22)21(27)15-17-7-3-1-4-8-17/h1-14,16,21,23H,15,27H2,(H,29,30). The Morgan fingerprint density at radius 2 is 1.55 bits per heavy atom. The van der Waals surface area contributed by atoms with Crippen LogP contribution in [0.15, 0.2) is 95.6 Å². The van der Waals surface area contributed by atoms with Crippen molar-refractivity contribution in [3.8, 4) is 0 Å². The summed E-state index contributed by atoms with van der Waals surface area (Å²) in [5, 5.41) is 3.68. The molecule has 4 rings (SSSR count). The Kier molecular flexibility index (Phi) is 6.46. The highest BCUT2D eigenvalue weighted by atomic mass is 35.5. The van der Waals surface area contributed by atoms with Crippen LogP contribution in [-0.2, 0) is 6.42 Å². The summed E-state index contributed by atoms with van der Waals surface area (Å²) in [6.07, 6.45) is 1.92. The summed E-state index contributed by atoms with van der Waals surface area (Å²) in [4.78, 5) is 17.3. The van der Waals surface area contributed by atoms with Gasteiger partial charge in [0.2, 0.25) is 5.89 Å². The van der Waals surface area contributed by atoms with Crippen LogP contribution in [0.5, 0.6) is 0 Å². The molecule has 0 radical (unpaired) electrons. The smallest absolute Gasteiger partial charge is 0.273 e. The van der Waals surface area contributed by atoms with Gasteiger partial charge >= 0.3 is 0 Å². The Labute approximate surface area is 185 Å². The number of aromatic nitrogens is 1. The number of carbonyl (C=O) groups excluding carboxylic acids is 1. The van der Waals surface area contributed by atoms with Crippen LogP contribution >= 0.6 is 11.6 Å². The molecule has 5 nitrogen and oxygen atoms in total. The first-order chi connectivity index (χ1) is 15.1. The van der Waals surface area contributed by atoms with Crippen molar-refractivity contribution in [2.75, 3.05) is 0 Å². The topological polar surface area (TPSA) is 81.1 Å². The molecule has 0 saturated carbocycles. The van der Waals surface area contributed by atoms with E-state index in [1.54, 1.807) is 12.1 Å². The van der Waals surface area contributed by atoms with Crippen LogP contribution in [0.2, 0.25) is 5.02 Å². The fourth-order valence-corrected chi connectivity index (χ4v) is 3.51. The van der Waals surface area contributed by atoms with Gasteiger partial charge in [-0.2, -0.15) is 0 Å². The minimum atomic E-state index is -0.440. The van der Waals surface area contributed by atoms with Crippen molar-refractivity contribution in [2.24, 2.45) is 5.73 Å². The Morgan fingerprint density at radius 1 is 0.935 bits per heavy atom. The second kappa shape index (κ2) is 9.60. The number of halogens is 1. The van der Waals surface area contributed by atoms with E-state index in [1.807, 2.05) is 72.8 Å². The molecule has 0 aliphatic rings. The second-order valence-electron chi connectivity index (χ2n) is 7.24. The lowest BCUT2D eigenvalue weighted by Crippen LogP contribution is -2.29. The van der Waals surface area contributed by atoms with Gasteiger partial charge in [0.05, 0.1) is 12.1 Å². The molecule has 6 heteroatoms. The lowest BCUT2D eigenvalue weighted by molar-refractivity contribution is 0.0938. The first kappa shape index (κ1) is 20.8. The van der Waals surface area contributed by atoms with Gasteiger partial charge in [-0.05, 0) is 35.2 Å². The fourth-order valence-electron chi connectivity index (χ4n) is 3.38. The molecular formula is C25H22ClN3O2. The van der Waals surface area contributed by atoms with Gasteiger partial charge in [0, 0.05) is 5.02 Å². The molecular weight excluding hydrogens is 410 g/mol. The van der Waals surface area contributed by atoms with Gasteiger partial charge in [-0.3, -0.25) is 4.79 Å². The van der Waals surface area contributed by atoms with Gasteiger partial charge in [-0.1, -0.05) is 84.4 Å². The van der Waals surface area contributed by atoms with Crippen molar-refractivity contribution in [1.29, 1.82) is 0 Å². The summed E-state index contributed by atoms with van der Waals surface area (Å²) in [5.41, 5.74) is 9.36. The number of rotatable bonds is 7. The van der Waals surface area contributed by atoms with Gasteiger partial charge in [0.25, 0.3) is 5.91 Å². The van der Waals surface area contributed by atoms with E-state index >= 15 is 0 Å². The molecule has 1 heterocycles. The largest absolute Gasteiger partial charge is 0.446 e. The SMILES string of the molecule is NC(Cc1ccccc1)c1nc(C(=O)NC(c2ccccc2)c2ccc(Cl)cc2)co1. The zero-order valence-corrected chi connectivity index (χ0v) is 17.5. The number of benzene rings is 3. The van der Waals surface area contributed by atoms with Crippen LogP contribution in [0, 0.1) is 0 Å². The van der Waals surface area contributed by atoms with Crippen LogP contribution in [0.1, 0.15) is 45.2 Å². The normalized spacial score (nSPS) is 12.8. The van der Waals surface area contributed by atoms with Crippen molar-refractivity contribution < 1.29 is 9.21 Å². The van der Waals surface area contributed by atoms with Gasteiger partial charge < -0.3 is 15.5 Å². The summed E-state index contributed by atoms with van der Waals surface area (Å²) >= 11 is 6.03. The van der Waals surface area contributed by atoms with Crippen molar-refractivity contribution in [3.63, 3.8) is 0 Å². The maximum Gasteiger partial charge on any atom is 0.273 e. The highest BCUT2D eigenvalue weighted by molar-refractivity contribution is 6.30. The molecule has 31 heavy (non-hydrogen) atoms.